The van der Waals surface area contributed by atoms with E-state index in [0.29, 0.717) is 0 Å². The number of rotatable bonds is 10. The second-order valence-electron chi connectivity index (χ2n) is 20.9. The summed E-state index contributed by atoms with van der Waals surface area (Å²) in [7, 11) is 0. The zero-order valence-corrected chi connectivity index (χ0v) is 44.2. The fourth-order valence-electron chi connectivity index (χ4n) is 12.9. The van der Waals surface area contributed by atoms with E-state index in [9.17, 15) is 0 Å². The molecule has 0 amide bonds. The highest BCUT2D eigenvalue weighted by Gasteiger charge is 2.30. The number of hydrogen-bond donors (Lipinski definition) is 0. The lowest BCUT2D eigenvalue weighted by molar-refractivity contribution is 1.17. The summed E-state index contributed by atoms with van der Waals surface area (Å²) in [6.07, 6.45) is 0. The van der Waals surface area contributed by atoms with Gasteiger partial charge in [0.2, 0.25) is 0 Å². The smallest absolute Gasteiger partial charge is 0.0561 e. The number of nitrogens with zero attached hydrogens (tertiary/aromatic N) is 5. The van der Waals surface area contributed by atoms with E-state index < -0.39 is 0 Å². The summed E-state index contributed by atoms with van der Waals surface area (Å²) < 4.78 is 4.81. The average Bonchev–Trinajstić information content (AvgIpc) is 4.21. The topological polar surface area (TPSA) is 19.6 Å². The fraction of sp³-hybridized carbons (Fsp3) is 0. The first-order chi connectivity index (χ1) is 40.2. The SMILES string of the molecule is c1ccc(-c2cccc(N3c4cc(N(c5ccccc5)c5cccc(-n6c7ccccc7c7ccccc76)c5)ccc4-c4ccc(N(c5ccccc5)c5cccc(-n6c7ccccc7c7ccccc76)c5)c5cccc3c45)c2)cc1. The molecule has 2 aromatic heterocycles. The molecule has 0 unspecified atom stereocenters. The molecule has 3 heterocycles. The lowest BCUT2D eigenvalue weighted by Gasteiger charge is -2.36. The molecule has 1 aliphatic heterocycles. The van der Waals surface area contributed by atoms with Crippen molar-refractivity contribution in [3.05, 3.63) is 309 Å². The third kappa shape index (κ3) is 7.55. The minimum absolute atomic E-state index is 1.05. The molecule has 5 heteroatoms. The van der Waals surface area contributed by atoms with Crippen molar-refractivity contribution < 1.29 is 0 Å². The van der Waals surface area contributed by atoms with E-state index in [2.05, 4.69) is 333 Å². The molecular weight excluding hydrogens is 983 g/mol. The highest BCUT2D eigenvalue weighted by molar-refractivity contribution is 6.19. The van der Waals surface area contributed by atoms with Crippen molar-refractivity contribution in [2.45, 2.75) is 0 Å². The predicted octanol–water partition coefficient (Wildman–Crippen LogP) is 21.1. The summed E-state index contributed by atoms with van der Waals surface area (Å²) in [6.45, 7) is 0. The van der Waals surface area contributed by atoms with Gasteiger partial charge in [-0.1, -0.05) is 188 Å². The Hall–Kier alpha value is -10.9. The van der Waals surface area contributed by atoms with Crippen LogP contribution < -0.4 is 14.7 Å². The van der Waals surface area contributed by atoms with Crippen LogP contribution in [-0.4, -0.2) is 9.13 Å². The molecule has 5 nitrogen and oxygen atoms in total. The second kappa shape index (κ2) is 18.9. The number of anilines is 9. The molecule has 15 aromatic rings. The Kier molecular flexibility index (Phi) is 10.8. The van der Waals surface area contributed by atoms with E-state index in [4.69, 9.17) is 0 Å². The molecule has 0 N–H and O–H groups in total. The number of para-hydroxylation sites is 6. The monoisotopic (exact) mass is 1030 g/mol. The maximum Gasteiger partial charge on any atom is 0.0561 e. The van der Waals surface area contributed by atoms with Crippen molar-refractivity contribution in [2.75, 3.05) is 14.7 Å². The quantitative estimate of drug-likeness (QED) is 0.136. The van der Waals surface area contributed by atoms with Gasteiger partial charge in [0.05, 0.1) is 39.1 Å². The van der Waals surface area contributed by atoms with Gasteiger partial charge in [-0.2, -0.15) is 0 Å². The van der Waals surface area contributed by atoms with Crippen LogP contribution in [0.1, 0.15) is 0 Å². The van der Waals surface area contributed by atoms with Gasteiger partial charge in [0.15, 0.2) is 0 Å². The van der Waals surface area contributed by atoms with Crippen molar-refractivity contribution in [2.24, 2.45) is 0 Å². The van der Waals surface area contributed by atoms with Gasteiger partial charge < -0.3 is 23.8 Å². The lowest BCUT2D eigenvalue weighted by atomic mass is 9.89. The van der Waals surface area contributed by atoms with E-state index in [1.807, 2.05) is 0 Å². The second-order valence-corrected chi connectivity index (χ2v) is 20.9. The van der Waals surface area contributed by atoms with E-state index in [1.54, 1.807) is 0 Å². The van der Waals surface area contributed by atoms with Crippen LogP contribution in [0.3, 0.4) is 0 Å². The summed E-state index contributed by atoms with van der Waals surface area (Å²) in [5.41, 5.74) is 21.3. The van der Waals surface area contributed by atoms with Gasteiger partial charge in [-0.05, 0) is 138 Å². The first kappa shape index (κ1) is 46.2. The van der Waals surface area contributed by atoms with Crippen LogP contribution in [-0.2, 0) is 0 Å². The van der Waals surface area contributed by atoms with Crippen molar-refractivity contribution in [3.8, 4) is 33.6 Å². The van der Waals surface area contributed by atoms with Crippen molar-refractivity contribution in [1.29, 1.82) is 0 Å². The van der Waals surface area contributed by atoms with Crippen LogP contribution in [0.4, 0.5) is 51.2 Å². The average molecular weight is 1030 g/mol. The summed E-state index contributed by atoms with van der Waals surface area (Å²) in [5, 5.41) is 7.31. The number of hydrogen-bond acceptors (Lipinski definition) is 3. The molecule has 0 radical (unpaired) electrons. The number of fused-ring (bicyclic) bond motifs is 8. The van der Waals surface area contributed by atoms with Crippen LogP contribution in [0.2, 0.25) is 0 Å². The summed E-state index contributed by atoms with van der Waals surface area (Å²) >= 11 is 0. The van der Waals surface area contributed by atoms with Crippen molar-refractivity contribution in [3.63, 3.8) is 0 Å². The molecule has 0 aliphatic carbocycles. The molecule has 0 spiro atoms. The van der Waals surface area contributed by atoms with Gasteiger partial charge in [0, 0.05) is 83.4 Å². The van der Waals surface area contributed by atoms with Crippen LogP contribution in [0.5, 0.6) is 0 Å². The first-order valence-corrected chi connectivity index (χ1v) is 27.8. The van der Waals surface area contributed by atoms with E-state index in [1.165, 1.54) is 60.1 Å². The Morgan fingerprint density at radius 2 is 0.654 bits per heavy atom. The summed E-state index contributed by atoms with van der Waals surface area (Å²) in [4.78, 5) is 7.34. The molecule has 16 rings (SSSR count). The molecule has 81 heavy (non-hydrogen) atoms. The molecular formula is C76H51N5. The Bertz CT molecular complexity index is 4800. The molecule has 1 aliphatic rings. The Morgan fingerprint density at radius 3 is 1.23 bits per heavy atom. The van der Waals surface area contributed by atoms with Crippen LogP contribution >= 0.6 is 0 Å². The molecule has 0 bridgehead atoms. The molecule has 0 saturated heterocycles. The van der Waals surface area contributed by atoms with Crippen LogP contribution in [0.15, 0.2) is 309 Å². The summed E-state index contributed by atoms with van der Waals surface area (Å²) in [6, 6.07) is 113. The van der Waals surface area contributed by atoms with Gasteiger partial charge >= 0.3 is 0 Å². The molecule has 0 fully saturated rings. The third-order valence-corrected chi connectivity index (χ3v) is 16.3. The maximum absolute atomic E-state index is 2.50. The highest BCUT2D eigenvalue weighted by Crippen LogP contribution is 2.55. The maximum atomic E-state index is 2.50. The summed E-state index contributed by atoms with van der Waals surface area (Å²) in [5.74, 6) is 0. The van der Waals surface area contributed by atoms with Gasteiger partial charge in [-0.3, -0.25) is 0 Å². The van der Waals surface area contributed by atoms with Gasteiger partial charge in [-0.15, -0.1) is 0 Å². The molecule has 13 aromatic carbocycles. The van der Waals surface area contributed by atoms with Gasteiger partial charge in [0.1, 0.15) is 0 Å². The van der Waals surface area contributed by atoms with Crippen molar-refractivity contribution in [1.82, 2.24) is 9.13 Å². The largest absolute Gasteiger partial charge is 0.310 e. The number of benzene rings is 13. The minimum Gasteiger partial charge on any atom is -0.310 e. The molecule has 380 valence electrons. The van der Waals surface area contributed by atoms with Crippen LogP contribution in [0, 0.1) is 0 Å². The van der Waals surface area contributed by atoms with E-state index >= 15 is 0 Å². The van der Waals surface area contributed by atoms with Gasteiger partial charge in [-0.25, -0.2) is 0 Å². The lowest BCUT2D eigenvalue weighted by Crippen LogP contribution is -2.18. The van der Waals surface area contributed by atoms with Gasteiger partial charge in [0.25, 0.3) is 0 Å². The van der Waals surface area contributed by atoms with Crippen LogP contribution in [0.25, 0.3) is 88.0 Å². The molecule has 0 saturated carbocycles. The normalized spacial score (nSPS) is 11.9. The predicted molar refractivity (Wildman–Crippen MR) is 341 cm³/mol. The van der Waals surface area contributed by atoms with E-state index in [-0.39, 0.29) is 0 Å². The number of aromatic nitrogens is 2. The van der Waals surface area contributed by atoms with E-state index in [0.717, 1.165) is 79.1 Å². The fourth-order valence-corrected chi connectivity index (χ4v) is 12.9. The Balaban J connectivity index is 0.897. The zero-order chi connectivity index (χ0) is 53.4. The standard InChI is InChI=1S/C76H51N5/c1-4-22-52(23-5-1)53-24-18-29-56(48-53)81-74-43-21-38-68-73(78(55-27-8-3-9-28-55)58-31-20-33-60(50-58)80-71-41-16-12-36-64(71)65-37-13-17-42-72(65)80)47-46-67(76(68)74)66-45-44-61(51-75(66)81)77(54-25-6-2-7-26-54)57-30-19-32-59(49-57)79-69-39-14-10-34-62(69)63-35-11-15-40-70(63)79/h1-51H. The Labute approximate surface area is 469 Å². The molecule has 0 atom stereocenters. The minimum atomic E-state index is 1.05. The highest BCUT2D eigenvalue weighted by atomic mass is 15.2. The first-order valence-electron chi connectivity index (χ1n) is 27.8. The van der Waals surface area contributed by atoms with Crippen molar-refractivity contribution >= 4 is 106 Å². The Morgan fingerprint density at radius 1 is 0.235 bits per heavy atom. The third-order valence-electron chi connectivity index (χ3n) is 16.3. The zero-order valence-electron chi connectivity index (χ0n) is 44.2.